The average Bonchev–Trinajstić information content (AvgIpc) is 3.13. The first-order chi connectivity index (χ1) is 13.2. The van der Waals surface area contributed by atoms with Crippen LogP contribution < -0.4 is 10.1 Å². The highest BCUT2D eigenvalue weighted by Gasteiger charge is 2.12. The minimum atomic E-state index is -0.205. The van der Waals surface area contributed by atoms with Crippen LogP contribution in [-0.4, -0.2) is 26.9 Å². The van der Waals surface area contributed by atoms with Crippen molar-refractivity contribution in [2.24, 2.45) is 0 Å². The van der Waals surface area contributed by atoms with E-state index < -0.39 is 0 Å². The number of carbonyl (C=O) groups excluding carboxylic acids is 1. The standard InChI is InChI=1S/C21H18N4O2/c1-2-27-19-7-4-3-6-17(19)20(26)23-16-10-8-15(9-11-16)18-14-25-13-5-12-22-21(25)24-18/h3-14H,2H2,1H3,(H,23,26). The summed E-state index contributed by atoms with van der Waals surface area (Å²) < 4.78 is 7.39. The maximum Gasteiger partial charge on any atom is 0.259 e. The van der Waals surface area contributed by atoms with E-state index in [2.05, 4.69) is 15.3 Å². The van der Waals surface area contributed by atoms with Gasteiger partial charge in [-0.25, -0.2) is 9.97 Å². The molecule has 0 aliphatic carbocycles. The molecular weight excluding hydrogens is 340 g/mol. The van der Waals surface area contributed by atoms with Crippen LogP contribution in [-0.2, 0) is 0 Å². The lowest BCUT2D eigenvalue weighted by Crippen LogP contribution is -2.13. The predicted octanol–water partition coefficient (Wildman–Crippen LogP) is 4.05. The predicted molar refractivity (Wildman–Crippen MR) is 104 cm³/mol. The van der Waals surface area contributed by atoms with E-state index in [1.807, 2.05) is 66.2 Å². The Kier molecular flexibility index (Phi) is 4.53. The Balaban J connectivity index is 1.53. The van der Waals surface area contributed by atoms with Crippen LogP contribution in [0.4, 0.5) is 5.69 Å². The molecule has 0 bridgehead atoms. The monoisotopic (exact) mass is 358 g/mol. The van der Waals surface area contributed by atoms with E-state index in [9.17, 15) is 4.79 Å². The zero-order valence-corrected chi connectivity index (χ0v) is 14.8. The summed E-state index contributed by atoms with van der Waals surface area (Å²) in [6.07, 6.45) is 5.54. The van der Waals surface area contributed by atoms with E-state index in [-0.39, 0.29) is 5.91 Å². The van der Waals surface area contributed by atoms with Gasteiger partial charge in [-0.1, -0.05) is 24.3 Å². The van der Waals surface area contributed by atoms with E-state index in [1.54, 1.807) is 18.3 Å². The van der Waals surface area contributed by atoms with Gasteiger partial charge in [0.1, 0.15) is 5.75 Å². The molecule has 0 fully saturated rings. The van der Waals surface area contributed by atoms with Crippen LogP contribution in [0.2, 0.25) is 0 Å². The summed E-state index contributed by atoms with van der Waals surface area (Å²) in [5.74, 6) is 1.02. The minimum Gasteiger partial charge on any atom is -0.493 e. The number of carbonyl (C=O) groups is 1. The molecule has 0 saturated carbocycles. The van der Waals surface area contributed by atoms with Crippen LogP contribution in [0.25, 0.3) is 17.0 Å². The number of amides is 1. The van der Waals surface area contributed by atoms with E-state index in [1.165, 1.54) is 0 Å². The maximum absolute atomic E-state index is 12.6. The van der Waals surface area contributed by atoms with Crippen LogP contribution in [0.3, 0.4) is 0 Å². The molecule has 4 rings (SSSR count). The third-order valence-corrected chi connectivity index (χ3v) is 4.11. The number of para-hydroxylation sites is 1. The molecule has 0 atom stereocenters. The second kappa shape index (κ2) is 7.29. The summed E-state index contributed by atoms with van der Waals surface area (Å²) in [6.45, 7) is 2.40. The van der Waals surface area contributed by atoms with Gasteiger partial charge in [-0.05, 0) is 37.3 Å². The van der Waals surface area contributed by atoms with E-state index in [0.29, 0.717) is 29.4 Å². The molecule has 27 heavy (non-hydrogen) atoms. The number of aromatic nitrogens is 3. The van der Waals surface area contributed by atoms with Crippen molar-refractivity contribution < 1.29 is 9.53 Å². The number of rotatable bonds is 5. The molecule has 6 heteroatoms. The zero-order valence-electron chi connectivity index (χ0n) is 14.8. The van der Waals surface area contributed by atoms with Gasteiger partial charge in [0.05, 0.1) is 17.9 Å². The van der Waals surface area contributed by atoms with Gasteiger partial charge in [-0.3, -0.25) is 9.20 Å². The second-order valence-electron chi connectivity index (χ2n) is 5.91. The smallest absolute Gasteiger partial charge is 0.259 e. The number of benzene rings is 2. The summed E-state index contributed by atoms with van der Waals surface area (Å²) in [7, 11) is 0. The molecule has 4 aromatic rings. The number of imidazole rings is 1. The molecule has 2 aromatic heterocycles. The van der Waals surface area contributed by atoms with Crippen molar-refractivity contribution in [3.05, 3.63) is 78.8 Å². The molecular formula is C21H18N4O2. The summed E-state index contributed by atoms with van der Waals surface area (Å²) in [5, 5.41) is 2.91. The lowest BCUT2D eigenvalue weighted by molar-refractivity contribution is 0.102. The molecule has 0 aliphatic rings. The van der Waals surface area contributed by atoms with Crippen molar-refractivity contribution in [2.75, 3.05) is 11.9 Å². The fraction of sp³-hybridized carbons (Fsp3) is 0.0952. The molecule has 0 radical (unpaired) electrons. The van der Waals surface area contributed by atoms with Crippen molar-refractivity contribution in [2.45, 2.75) is 6.92 Å². The van der Waals surface area contributed by atoms with Gasteiger partial charge in [-0.2, -0.15) is 0 Å². The number of nitrogens with one attached hydrogen (secondary N) is 1. The fourth-order valence-electron chi connectivity index (χ4n) is 2.83. The Bertz CT molecular complexity index is 1050. The van der Waals surface area contributed by atoms with Crippen molar-refractivity contribution in [1.82, 2.24) is 14.4 Å². The van der Waals surface area contributed by atoms with Crippen LogP contribution in [0, 0.1) is 0 Å². The van der Waals surface area contributed by atoms with Gasteiger partial charge < -0.3 is 10.1 Å². The number of anilines is 1. The molecule has 2 heterocycles. The number of nitrogens with zero attached hydrogens (tertiary/aromatic N) is 3. The van der Waals surface area contributed by atoms with Crippen molar-refractivity contribution in [3.63, 3.8) is 0 Å². The van der Waals surface area contributed by atoms with Gasteiger partial charge >= 0.3 is 0 Å². The Morgan fingerprint density at radius 1 is 1.11 bits per heavy atom. The molecule has 0 unspecified atom stereocenters. The SMILES string of the molecule is CCOc1ccccc1C(=O)Nc1ccc(-c2cn3cccnc3n2)cc1. The summed E-state index contributed by atoms with van der Waals surface area (Å²) in [5.41, 5.74) is 2.99. The number of fused-ring (bicyclic) bond motifs is 1. The lowest BCUT2D eigenvalue weighted by Gasteiger charge is -2.10. The third-order valence-electron chi connectivity index (χ3n) is 4.11. The summed E-state index contributed by atoms with van der Waals surface area (Å²) in [4.78, 5) is 21.3. The molecule has 134 valence electrons. The van der Waals surface area contributed by atoms with Gasteiger partial charge in [0.25, 0.3) is 5.91 Å². The highest BCUT2D eigenvalue weighted by Crippen LogP contribution is 2.23. The highest BCUT2D eigenvalue weighted by molar-refractivity contribution is 6.06. The second-order valence-corrected chi connectivity index (χ2v) is 5.91. The first kappa shape index (κ1) is 16.8. The number of ether oxygens (including phenoxy) is 1. The molecule has 2 aromatic carbocycles. The Labute approximate surface area is 156 Å². The normalized spacial score (nSPS) is 10.7. The van der Waals surface area contributed by atoms with E-state index in [4.69, 9.17) is 4.74 Å². The van der Waals surface area contributed by atoms with Crippen molar-refractivity contribution in [3.8, 4) is 17.0 Å². The third kappa shape index (κ3) is 3.50. The van der Waals surface area contributed by atoms with Crippen LogP contribution in [0.5, 0.6) is 5.75 Å². The Morgan fingerprint density at radius 3 is 2.70 bits per heavy atom. The van der Waals surface area contributed by atoms with Gasteiger partial charge in [-0.15, -0.1) is 0 Å². The quantitative estimate of drug-likeness (QED) is 0.584. The van der Waals surface area contributed by atoms with Crippen molar-refractivity contribution >= 4 is 17.4 Å². The molecule has 0 saturated heterocycles. The van der Waals surface area contributed by atoms with Gasteiger partial charge in [0.2, 0.25) is 5.78 Å². The Morgan fingerprint density at radius 2 is 1.93 bits per heavy atom. The van der Waals surface area contributed by atoms with Gasteiger partial charge in [0.15, 0.2) is 0 Å². The maximum atomic E-state index is 12.6. The molecule has 1 amide bonds. The summed E-state index contributed by atoms with van der Waals surface area (Å²) >= 11 is 0. The summed E-state index contributed by atoms with van der Waals surface area (Å²) in [6, 6.07) is 16.6. The highest BCUT2D eigenvalue weighted by atomic mass is 16.5. The molecule has 1 N–H and O–H groups in total. The lowest BCUT2D eigenvalue weighted by atomic mass is 10.1. The largest absolute Gasteiger partial charge is 0.493 e. The first-order valence-electron chi connectivity index (χ1n) is 8.68. The van der Waals surface area contributed by atoms with Crippen LogP contribution in [0.15, 0.2) is 73.2 Å². The van der Waals surface area contributed by atoms with E-state index >= 15 is 0 Å². The topological polar surface area (TPSA) is 68.5 Å². The molecule has 0 spiro atoms. The Hall–Kier alpha value is -3.67. The van der Waals surface area contributed by atoms with Crippen LogP contribution in [0.1, 0.15) is 17.3 Å². The number of hydrogen-bond acceptors (Lipinski definition) is 4. The van der Waals surface area contributed by atoms with Crippen molar-refractivity contribution in [1.29, 1.82) is 0 Å². The van der Waals surface area contributed by atoms with E-state index in [0.717, 1.165) is 11.3 Å². The van der Waals surface area contributed by atoms with Crippen LogP contribution >= 0.6 is 0 Å². The first-order valence-corrected chi connectivity index (χ1v) is 8.68. The average molecular weight is 358 g/mol. The minimum absolute atomic E-state index is 0.205. The fourth-order valence-corrected chi connectivity index (χ4v) is 2.83. The number of hydrogen-bond donors (Lipinski definition) is 1. The molecule has 6 nitrogen and oxygen atoms in total. The van der Waals surface area contributed by atoms with Gasteiger partial charge in [0, 0.05) is 29.8 Å². The zero-order chi connectivity index (χ0) is 18.6. The molecule has 0 aliphatic heterocycles.